The van der Waals surface area contributed by atoms with Gasteiger partial charge in [0, 0.05) is 15.1 Å². The van der Waals surface area contributed by atoms with Crippen molar-refractivity contribution in [2.75, 3.05) is 5.75 Å². The third-order valence-electron chi connectivity index (χ3n) is 2.59. The first-order valence-corrected chi connectivity index (χ1v) is 7.93. The van der Waals surface area contributed by atoms with Crippen molar-refractivity contribution in [1.82, 2.24) is 0 Å². The molecule has 0 aliphatic carbocycles. The minimum absolute atomic E-state index is 0.189. The maximum atomic E-state index is 9.88. The monoisotopic (exact) mass is 316 g/mol. The summed E-state index contributed by atoms with van der Waals surface area (Å²) in [6, 6.07) is 8.15. The molecule has 0 bridgehead atoms. The van der Waals surface area contributed by atoms with Gasteiger partial charge in [0.15, 0.2) is 0 Å². The van der Waals surface area contributed by atoms with Crippen LogP contribution in [0.3, 0.4) is 0 Å². The smallest absolute Gasteiger partial charge is 0.0634 e. The molecule has 0 spiro atoms. The zero-order chi connectivity index (χ0) is 12.7. The molecule has 0 saturated heterocycles. The van der Waals surface area contributed by atoms with Gasteiger partial charge in [0.2, 0.25) is 0 Å². The second kappa shape index (κ2) is 8.17. The number of hydrogen-bond donors (Lipinski definition) is 1. The van der Waals surface area contributed by atoms with Crippen LogP contribution in [-0.2, 0) is 0 Å². The zero-order valence-electron chi connectivity index (χ0n) is 10.5. The molecule has 3 heteroatoms. The Bertz CT molecular complexity index is 328. The van der Waals surface area contributed by atoms with Gasteiger partial charge in [-0.3, -0.25) is 0 Å². The fourth-order valence-corrected chi connectivity index (χ4v) is 3.14. The third kappa shape index (κ3) is 6.49. The molecule has 0 aromatic heterocycles. The van der Waals surface area contributed by atoms with E-state index in [0.717, 1.165) is 29.0 Å². The summed E-state index contributed by atoms with van der Waals surface area (Å²) >= 11 is 5.23. The Morgan fingerprint density at radius 3 is 2.59 bits per heavy atom. The highest BCUT2D eigenvalue weighted by atomic mass is 79.9. The van der Waals surface area contributed by atoms with Crippen molar-refractivity contribution >= 4 is 27.7 Å². The first-order chi connectivity index (χ1) is 8.09. The van der Waals surface area contributed by atoms with Crippen molar-refractivity contribution in [3.05, 3.63) is 28.7 Å². The average Bonchev–Trinajstić information content (AvgIpc) is 2.27. The van der Waals surface area contributed by atoms with Gasteiger partial charge in [0.05, 0.1) is 6.10 Å². The van der Waals surface area contributed by atoms with Crippen LogP contribution >= 0.6 is 27.7 Å². The second-order valence-corrected chi connectivity index (χ2v) is 6.64. The molecule has 0 radical (unpaired) electrons. The van der Waals surface area contributed by atoms with Crippen molar-refractivity contribution in [1.29, 1.82) is 0 Å². The average molecular weight is 317 g/mol. The van der Waals surface area contributed by atoms with E-state index in [-0.39, 0.29) is 6.10 Å². The van der Waals surface area contributed by atoms with Crippen molar-refractivity contribution in [3.8, 4) is 0 Å². The standard InChI is InChI=1S/C14H21BrOS/c1-11(2)6-5-7-12(16)10-17-14-9-4-3-8-13(14)15/h3-4,8-9,11-12,16H,5-7,10H2,1-2H3. The summed E-state index contributed by atoms with van der Waals surface area (Å²) in [4.78, 5) is 1.20. The molecule has 1 atom stereocenters. The predicted octanol–water partition coefficient (Wildman–Crippen LogP) is 4.73. The lowest BCUT2D eigenvalue weighted by atomic mass is 10.1. The largest absolute Gasteiger partial charge is 0.392 e. The normalized spacial score (nSPS) is 13.0. The first-order valence-electron chi connectivity index (χ1n) is 6.15. The summed E-state index contributed by atoms with van der Waals surface area (Å²) in [5.74, 6) is 1.51. The Morgan fingerprint density at radius 2 is 1.94 bits per heavy atom. The minimum atomic E-state index is -0.189. The number of rotatable bonds is 7. The Morgan fingerprint density at radius 1 is 1.24 bits per heavy atom. The van der Waals surface area contributed by atoms with Gasteiger partial charge in [-0.05, 0) is 40.4 Å². The van der Waals surface area contributed by atoms with Crippen LogP contribution in [0.1, 0.15) is 33.1 Å². The molecule has 0 amide bonds. The molecule has 96 valence electrons. The van der Waals surface area contributed by atoms with Crippen LogP contribution in [0.2, 0.25) is 0 Å². The maximum absolute atomic E-state index is 9.88. The van der Waals surface area contributed by atoms with Gasteiger partial charge in [-0.15, -0.1) is 11.8 Å². The minimum Gasteiger partial charge on any atom is -0.392 e. The molecule has 1 nitrogen and oxygen atoms in total. The summed E-state index contributed by atoms with van der Waals surface area (Å²) in [6.07, 6.45) is 3.05. The lowest BCUT2D eigenvalue weighted by Crippen LogP contribution is -2.10. The van der Waals surface area contributed by atoms with E-state index in [4.69, 9.17) is 0 Å². The number of thioether (sulfide) groups is 1. The van der Waals surface area contributed by atoms with Crippen LogP contribution in [0.15, 0.2) is 33.6 Å². The van der Waals surface area contributed by atoms with E-state index in [1.54, 1.807) is 11.8 Å². The number of hydrogen-bond acceptors (Lipinski definition) is 2. The van der Waals surface area contributed by atoms with E-state index < -0.39 is 0 Å². The number of halogens is 1. The van der Waals surface area contributed by atoms with Crippen LogP contribution in [0.25, 0.3) is 0 Å². The molecule has 0 fully saturated rings. The van der Waals surface area contributed by atoms with Crippen molar-refractivity contribution in [3.63, 3.8) is 0 Å². The van der Waals surface area contributed by atoms with Crippen molar-refractivity contribution < 1.29 is 5.11 Å². The van der Waals surface area contributed by atoms with E-state index in [1.165, 1.54) is 11.3 Å². The predicted molar refractivity (Wildman–Crippen MR) is 79.6 cm³/mol. The van der Waals surface area contributed by atoms with Crippen molar-refractivity contribution in [2.45, 2.75) is 44.1 Å². The lowest BCUT2D eigenvalue weighted by molar-refractivity contribution is 0.183. The molecule has 17 heavy (non-hydrogen) atoms. The summed E-state index contributed by atoms with van der Waals surface area (Å²) in [5, 5.41) is 9.88. The quantitative estimate of drug-likeness (QED) is 0.734. The van der Waals surface area contributed by atoms with Gasteiger partial charge in [-0.1, -0.05) is 38.8 Å². The van der Waals surface area contributed by atoms with Gasteiger partial charge in [-0.2, -0.15) is 0 Å². The molecule has 1 aromatic carbocycles. The fraction of sp³-hybridized carbons (Fsp3) is 0.571. The topological polar surface area (TPSA) is 20.2 Å². The number of aliphatic hydroxyl groups excluding tert-OH is 1. The van der Waals surface area contributed by atoms with Crippen molar-refractivity contribution in [2.24, 2.45) is 5.92 Å². The van der Waals surface area contributed by atoms with Gasteiger partial charge >= 0.3 is 0 Å². The summed E-state index contributed by atoms with van der Waals surface area (Å²) in [6.45, 7) is 4.45. The van der Waals surface area contributed by atoms with Gasteiger partial charge in [0.25, 0.3) is 0 Å². The fourth-order valence-electron chi connectivity index (χ4n) is 1.59. The van der Waals surface area contributed by atoms with Gasteiger partial charge < -0.3 is 5.11 Å². The highest BCUT2D eigenvalue weighted by molar-refractivity contribution is 9.10. The molecule has 0 aliphatic heterocycles. The molecule has 0 aliphatic rings. The molecule has 1 unspecified atom stereocenters. The van der Waals surface area contributed by atoms with Crippen LogP contribution in [0, 0.1) is 5.92 Å². The second-order valence-electron chi connectivity index (χ2n) is 4.72. The Balaban J connectivity index is 2.24. The summed E-state index contributed by atoms with van der Waals surface area (Å²) in [7, 11) is 0. The van der Waals surface area contributed by atoms with E-state index in [9.17, 15) is 5.11 Å². The Labute approximate surface area is 117 Å². The molecule has 0 saturated carbocycles. The molecule has 1 rings (SSSR count). The Kier molecular flexibility index (Phi) is 7.24. The highest BCUT2D eigenvalue weighted by Gasteiger charge is 2.07. The van der Waals surface area contributed by atoms with E-state index in [1.807, 2.05) is 18.2 Å². The highest BCUT2D eigenvalue weighted by Crippen LogP contribution is 2.28. The van der Waals surface area contributed by atoms with Crippen LogP contribution in [0.4, 0.5) is 0 Å². The zero-order valence-corrected chi connectivity index (χ0v) is 12.9. The SMILES string of the molecule is CC(C)CCCC(O)CSc1ccccc1Br. The van der Waals surface area contributed by atoms with Gasteiger partial charge in [0.1, 0.15) is 0 Å². The maximum Gasteiger partial charge on any atom is 0.0634 e. The number of aliphatic hydroxyl groups is 1. The third-order valence-corrected chi connectivity index (χ3v) is 4.76. The molecule has 1 N–H and O–H groups in total. The van der Waals surface area contributed by atoms with Crippen LogP contribution in [0.5, 0.6) is 0 Å². The van der Waals surface area contributed by atoms with E-state index in [0.29, 0.717) is 0 Å². The Hall–Kier alpha value is 0.01000. The van der Waals surface area contributed by atoms with E-state index in [2.05, 4.69) is 35.8 Å². The lowest BCUT2D eigenvalue weighted by Gasteiger charge is -2.11. The molecular formula is C14H21BrOS. The molecular weight excluding hydrogens is 296 g/mol. The summed E-state index contributed by atoms with van der Waals surface area (Å²) in [5.41, 5.74) is 0. The van der Waals surface area contributed by atoms with E-state index >= 15 is 0 Å². The molecule has 0 heterocycles. The number of benzene rings is 1. The van der Waals surface area contributed by atoms with Crippen LogP contribution in [-0.4, -0.2) is 17.0 Å². The summed E-state index contributed by atoms with van der Waals surface area (Å²) < 4.78 is 1.11. The van der Waals surface area contributed by atoms with Gasteiger partial charge in [-0.25, -0.2) is 0 Å². The first kappa shape index (κ1) is 15.1. The van der Waals surface area contributed by atoms with Crippen LogP contribution < -0.4 is 0 Å². The molecule has 1 aromatic rings.